The van der Waals surface area contributed by atoms with Crippen LogP contribution in [0.4, 0.5) is 0 Å². The molecule has 0 aromatic carbocycles. The maximum absolute atomic E-state index is 13.0. The zero-order valence-corrected chi connectivity index (χ0v) is 43.7. The van der Waals surface area contributed by atoms with Crippen LogP contribution in [0.2, 0.25) is 0 Å². The summed E-state index contributed by atoms with van der Waals surface area (Å²) in [6, 6.07) is -0.826. The van der Waals surface area contributed by atoms with E-state index in [1.165, 1.54) is 205 Å². The van der Waals surface area contributed by atoms with Gasteiger partial charge in [0.15, 0.2) is 6.29 Å². The molecule has 9 heteroatoms. The predicted octanol–water partition coefficient (Wildman–Crippen LogP) is 14.0. The van der Waals surface area contributed by atoms with Crippen molar-refractivity contribution in [1.82, 2.24) is 5.32 Å². The van der Waals surface area contributed by atoms with E-state index >= 15 is 0 Å². The van der Waals surface area contributed by atoms with Crippen molar-refractivity contribution in [2.45, 2.75) is 314 Å². The van der Waals surface area contributed by atoms with E-state index in [2.05, 4.69) is 43.5 Å². The van der Waals surface area contributed by atoms with Gasteiger partial charge >= 0.3 is 0 Å². The van der Waals surface area contributed by atoms with E-state index in [0.29, 0.717) is 6.42 Å². The van der Waals surface area contributed by atoms with Gasteiger partial charge in [0.1, 0.15) is 24.4 Å². The molecular weight excluding hydrogens is 839 g/mol. The van der Waals surface area contributed by atoms with E-state index < -0.39 is 49.5 Å². The molecular formula is C58H109NO8. The highest BCUT2D eigenvalue weighted by atomic mass is 16.7. The van der Waals surface area contributed by atoms with Gasteiger partial charge in [0, 0.05) is 6.42 Å². The Bertz CT molecular complexity index is 1150. The third-order valence-corrected chi connectivity index (χ3v) is 13.7. The molecule has 1 aliphatic heterocycles. The second-order valence-electron chi connectivity index (χ2n) is 20.1. The number of carbonyl (C=O) groups is 1. The molecule has 0 spiro atoms. The molecule has 67 heavy (non-hydrogen) atoms. The predicted molar refractivity (Wildman–Crippen MR) is 281 cm³/mol. The van der Waals surface area contributed by atoms with E-state index in [9.17, 15) is 30.3 Å². The lowest BCUT2D eigenvalue weighted by Gasteiger charge is -2.40. The van der Waals surface area contributed by atoms with Gasteiger partial charge in [-0.2, -0.15) is 0 Å². The fraction of sp³-hybridized carbons (Fsp3) is 0.879. The van der Waals surface area contributed by atoms with E-state index in [1.807, 2.05) is 6.08 Å². The molecule has 1 amide bonds. The Morgan fingerprint density at radius 2 is 0.851 bits per heavy atom. The van der Waals surface area contributed by atoms with Crippen molar-refractivity contribution in [3.05, 3.63) is 36.5 Å². The van der Waals surface area contributed by atoms with Crippen LogP contribution in [0.3, 0.4) is 0 Å². The van der Waals surface area contributed by atoms with Crippen LogP contribution in [0.5, 0.6) is 0 Å². The second-order valence-corrected chi connectivity index (χ2v) is 20.1. The standard InChI is InChI=1S/C58H109NO8/c1-3-5-7-9-11-13-15-17-19-21-23-24-25-26-27-28-30-32-34-36-38-40-42-44-46-48-54(62)59-51(50-66-58-57(65)56(64)55(63)53(49-60)67-58)52(61)47-45-43-41-39-37-35-33-31-29-22-20-18-16-14-12-10-8-6-4-2/h29,31,37,39,45,47,51-53,55-58,60-61,63-65H,3-28,30,32-36,38,40-44,46,48-50H2,1-2H3,(H,59,62)/b31-29+,39-37+,47-45+. The Hall–Kier alpha value is -1.59. The maximum atomic E-state index is 13.0. The molecule has 0 aromatic rings. The molecule has 1 heterocycles. The van der Waals surface area contributed by atoms with Crippen LogP contribution in [0, 0.1) is 0 Å². The van der Waals surface area contributed by atoms with Gasteiger partial charge in [-0.3, -0.25) is 4.79 Å². The molecule has 1 rings (SSSR count). The van der Waals surface area contributed by atoms with Crippen molar-refractivity contribution < 1.29 is 39.8 Å². The minimum atomic E-state index is -1.57. The molecule has 7 unspecified atom stereocenters. The lowest BCUT2D eigenvalue weighted by Crippen LogP contribution is -2.60. The van der Waals surface area contributed by atoms with Gasteiger partial charge in [-0.25, -0.2) is 0 Å². The minimum absolute atomic E-state index is 0.186. The summed E-state index contributed by atoms with van der Waals surface area (Å²) in [6.07, 6.45) is 55.0. The molecule has 0 saturated carbocycles. The number of carbonyl (C=O) groups excluding carboxylic acids is 1. The number of ether oxygens (including phenoxy) is 2. The summed E-state index contributed by atoms with van der Waals surface area (Å²) in [5, 5.41) is 54.4. The number of hydrogen-bond acceptors (Lipinski definition) is 8. The first kappa shape index (κ1) is 63.4. The van der Waals surface area contributed by atoms with Gasteiger partial charge in [-0.15, -0.1) is 0 Å². The number of aliphatic hydroxyl groups excluding tert-OH is 5. The number of allylic oxidation sites excluding steroid dienone is 5. The molecule has 6 N–H and O–H groups in total. The van der Waals surface area contributed by atoms with E-state index in [-0.39, 0.29) is 12.5 Å². The molecule has 0 aromatic heterocycles. The Labute approximate surface area is 412 Å². The van der Waals surface area contributed by atoms with Gasteiger partial charge < -0.3 is 40.3 Å². The minimum Gasteiger partial charge on any atom is -0.394 e. The van der Waals surface area contributed by atoms with Crippen LogP contribution in [-0.4, -0.2) is 87.5 Å². The summed E-state index contributed by atoms with van der Waals surface area (Å²) in [7, 11) is 0. The van der Waals surface area contributed by atoms with Crippen molar-refractivity contribution in [3.63, 3.8) is 0 Å². The highest BCUT2D eigenvalue weighted by Crippen LogP contribution is 2.23. The van der Waals surface area contributed by atoms with Crippen molar-refractivity contribution in [3.8, 4) is 0 Å². The third-order valence-electron chi connectivity index (χ3n) is 13.7. The van der Waals surface area contributed by atoms with Gasteiger partial charge in [-0.1, -0.05) is 256 Å². The lowest BCUT2D eigenvalue weighted by molar-refractivity contribution is -0.302. The first-order valence-corrected chi connectivity index (χ1v) is 28.7. The molecule has 0 bridgehead atoms. The molecule has 1 aliphatic rings. The Kier molecular flexibility index (Phi) is 45.5. The van der Waals surface area contributed by atoms with Crippen LogP contribution < -0.4 is 5.32 Å². The maximum Gasteiger partial charge on any atom is 0.220 e. The summed E-state index contributed by atoms with van der Waals surface area (Å²) >= 11 is 0. The summed E-state index contributed by atoms with van der Waals surface area (Å²) < 4.78 is 11.2. The molecule has 0 radical (unpaired) electrons. The summed E-state index contributed by atoms with van der Waals surface area (Å²) in [5.41, 5.74) is 0. The van der Waals surface area contributed by atoms with Crippen LogP contribution >= 0.6 is 0 Å². The quantitative estimate of drug-likeness (QED) is 0.0261. The normalized spacial score (nSPS) is 19.9. The zero-order valence-electron chi connectivity index (χ0n) is 43.7. The second kappa shape index (κ2) is 48.1. The smallest absolute Gasteiger partial charge is 0.220 e. The lowest BCUT2D eigenvalue weighted by atomic mass is 9.99. The zero-order chi connectivity index (χ0) is 48.7. The number of unbranched alkanes of at least 4 members (excludes halogenated alkanes) is 35. The highest BCUT2D eigenvalue weighted by Gasteiger charge is 2.44. The molecule has 0 aliphatic carbocycles. The first-order valence-electron chi connectivity index (χ1n) is 28.7. The number of hydrogen-bond donors (Lipinski definition) is 6. The summed E-state index contributed by atoms with van der Waals surface area (Å²) in [5.74, 6) is -0.186. The Morgan fingerprint density at radius 1 is 0.493 bits per heavy atom. The van der Waals surface area contributed by atoms with Gasteiger partial charge in [-0.05, 0) is 44.9 Å². The van der Waals surface area contributed by atoms with Crippen molar-refractivity contribution in [1.29, 1.82) is 0 Å². The Morgan fingerprint density at radius 3 is 1.25 bits per heavy atom. The third kappa shape index (κ3) is 37.9. The van der Waals surface area contributed by atoms with Gasteiger partial charge in [0.25, 0.3) is 0 Å². The van der Waals surface area contributed by atoms with Gasteiger partial charge in [0.05, 0.1) is 25.4 Å². The fourth-order valence-corrected chi connectivity index (χ4v) is 9.13. The number of nitrogens with one attached hydrogen (secondary N) is 1. The topological polar surface area (TPSA) is 149 Å². The van der Waals surface area contributed by atoms with Crippen molar-refractivity contribution in [2.75, 3.05) is 13.2 Å². The van der Waals surface area contributed by atoms with Crippen LogP contribution in [0.25, 0.3) is 0 Å². The summed E-state index contributed by atoms with van der Waals surface area (Å²) in [4.78, 5) is 13.0. The SMILES string of the molecule is CCCCCCCCCCC/C=C/CC/C=C/CC/C=C/C(O)C(COC1OC(CO)C(O)C(O)C1O)NC(=O)CCCCCCCCCCCCCCCCCCCCCCCCCCC. The largest absolute Gasteiger partial charge is 0.394 e. The van der Waals surface area contributed by atoms with E-state index in [4.69, 9.17) is 9.47 Å². The fourth-order valence-electron chi connectivity index (χ4n) is 9.13. The molecule has 1 fully saturated rings. The Balaban J connectivity index is 2.24. The van der Waals surface area contributed by atoms with Gasteiger partial charge in [0.2, 0.25) is 5.91 Å². The monoisotopic (exact) mass is 948 g/mol. The van der Waals surface area contributed by atoms with Crippen LogP contribution in [0.1, 0.15) is 271 Å². The average molecular weight is 949 g/mol. The van der Waals surface area contributed by atoms with E-state index in [1.54, 1.807) is 6.08 Å². The molecule has 7 atom stereocenters. The average Bonchev–Trinajstić information content (AvgIpc) is 3.33. The summed E-state index contributed by atoms with van der Waals surface area (Å²) in [6.45, 7) is 3.78. The number of amides is 1. The molecule has 1 saturated heterocycles. The van der Waals surface area contributed by atoms with Crippen LogP contribution in [0.15, 0.2) is 36.5 Å². The van der Waals surface area contributed by atoms with Crippen molar-refractivity contribution >= 4 is 5.91 Å². The van der Waals surface area contributed by atoms with Crippen molar-refractivity contribution in [2.24, 2.45) is 0 Å². The van der Waals surface area contributed by atoms with E-state index in [0.717, 1.165) is 44.9 Å². The highest BCUT2D eigenvalue weighted by molar-refractivity contribution is 5.76. The number of rotatable bonds is 49. The van der Waals surface area contributed by atoms with Crippen LogP contribution in [-0.2, 0) is 14.3 Å². The number of aliphatic hydroxyl groups is 5. The molecule has 9 nitrogen and oxygen atoms in total. The molecule has 394 valence electrons. The first-order chi connectivity index (χ1) is 32.8.